The average Bonchev–Trinajstić information content (AvgIpc) is 2.82. The van der Waals surface area contributed by atoms with E-state index < -0.39 is 0 Å². The summed E-state index contributed by atoms with van der Waals surface area (Å²) in [6.07, 6.45) is 12.3. The molecule has 0 aliphatic carbocycles. The Morgan fingerprint density at radius 3 is 2.86 bits per heavy atom. The van der Waals surface area contributed by atoms with Gasteiger partial charge in [-0.15, -0.1) is 0 Å². The molecule has 0 amide bonds. The fraction of sp³-hybridized carbons (Fsp3) is 0.0526. The molecule has 2 aromatic rings. The van der Waals surface area contributed by atoms with Crippen LogP contribution in [0.5, 0.6) is 0 Å². The van der Waals surface area contributed by atoms with E-state index in [9.17, 15) is 4.79 Å². The topological polar surface area (TPSA) is 29.4 Å². The van der Waals surface area contributed by atoms with Crippen LogP contribution in [-0.4, -0.2) is 12.0 Å². The van der Waals surface area contributed by atoms with Gasteiger partial charge in [-0.2, -0.15) is 0 Å². The number of ketones is 1. The smallest absolute Gasteiger partial charge is 0.166 e. The molecule has 3 rings (SSSR count). The monoisotopic (exact) mass is 273 g/mol. The summed E-state index contributed by atoms with van der Waals surface area (Å²) in [6.45, 7) is 0. The molecular weight excluding hydrogens is 258 g/mol. The predicted octanol–water partition coefficient (Wildman–Crippen LogP) is 4.19. The minimum absolute atomic E-state index is 0.0564. The standard InChI is InChI=1S/C19H15NO/c21-19(17-8-4-13-20-14-12-17)11-10-16-7-3-6-15-5-1-2-9-18(15)16/h1-14,17H/b11-10+. The van der Waals surface area contributed by atoms with Crippen LogP contribution in [0.4, 0.5) is 0 Å². The Kier molecular flexibility index (Phi) is 3.88. The van der Waals surface area contributed by atoms with Gasteiger partial charge in [0, 0.05) is 12.4 Å². The molecule has 102 valence electrons. The number of nitrogens with zero attached hydrogens (tertiary/aromatic N) is 1. The first-order valence-corrected chi connectivity index (χ1v) is 6.91. The lowest BCUT2D eigenvalue weighted by molar-refractivity contribution is -0.115. The number of carbonyl (C=O) groups excluding carboxylic acids is 1. The van der Waals surface area contributed by atoms with Crippen LogP contribution in [0.25, 0.3) is 16.8 Å². The molecular formula is C19H15NO. The van der Waals surface area contributed by atoms with Crippen molar-refractivity contribution in [1.29, 1.82) is 0 Å². The van der Waals surface area contributed by atoms with Crippen LogP contribution < -0.4 is 0 Å². The van der Waals surface area contributed by atoms with Crippen LogP contribution in [0.3, 0.4) is 0 Å². The molecule has 2 heteroatoms. The quantitative estimate of drug-likeness (QED) is 0.771. The lowest BCUT2D eigenvalue weighted by atomic mass is 10.0. The van der Waals surface area contributed by atoms with Crippen molar-refractivity contribution in [2.45, 2.75) is 0 Å². The van der Waals surface area contributed by atoms with Crippen molar-refractivity contribution in [3.05, 3.63) is 78.5 Å². The lowest BCUT2D eigenvalue weighted by Crippen LogP contribution is -2.05. The number of allylic oxidation sites excluding steroid dienone is 4. The molecule has 1 atom stereocenters. The molecule has 2 nitrogen and oxygen atoms in total. The van der Waals surface area contributed by atoms with Crippen LogP contribution in [-0.2, 0) is 4.79 Å². The second kappa shape index (κ2) is 6.14. The first-order valence-electron chi connectivity index (χ1n) is 6.91. The molecule has 1 aliphatic heterocycles. The van der Waals surface area contributed by atoms with Gasteiger partial charge in [-0.05, 0) is 28.5 Å². The summed E-state index contributed by atoms with van der Waals surface area (Å²) < 4.78 is 0. The molecule has 1 unspecified atom stereocenters. The minimum atomic E-state index is -0.237. The fourth-order valence-electron chi connectivity index (χ4n) is 2.34. The fourth-order valence-corrected chi connectivity index (χ4v) is 2.34. The molecule has 0 bridgehead atoms. The normalized spacial score (nSPS) is 17.4. The summed E-state index contributed by atoms with van der Waals surface area (Å²) in [4.78, 5) is 16.2. The number of aliphatic imine (C=N–C) groups is 1. The van der Waals surface area contributed by atoms with Crippen LogP contribution >= 0.6 is 0 Å². The van der Waals surface area contributed by atoms with Crippen molar-refractivity contribution < 1.29 is 4.79 Å². The second-order valence-corrected chi connectivity index (χ2v) is 4.85. The van der Waals surface area contributed by atoms with Gasteiger partial charge in [0.25, 0.3) is 0 Å². The van der Waals surface area contributed by atoms with Gasteiger partial charge in [0.05, 0.1) is 5.92 Å². The molecule has 21 heavy (non-hydrogen) atoms. The van der Waals surface area contributed by atoms with Gasteiger partial charge in [-0.1, -0.05) is 60.7 Å². The number of fused-ring (bicyclic) bond motifs is 1. The summed E-state index contributed by atoms with van der Waals surface area (Å²) in [5.41, 5.74) is 1.05. The Morgan fingerprint density at radius 2 is 1.90 bits per heavy atom. The van der Waals surface area contributed by atoms with E-state index in [0.717, 1.165) is 10.9 Å². The van der Waals surface area contributed by atoms with Crippen molar-refractivity contribution in [2.24, 2.45) is 10.9 Å². The van der Waals surface area contributed by atoms with E-state index in [1.54, 1.807) is 30.6 Å². The zero-order valence-electron chi connectivity index (χ0n) is 11.5. The van der Waals surface area contributed by atoms with Crippen LogP contribution in [0, 0.1) is 5.92 Å². The third-order valence-corrected chi connectivity index (χ3v) is 3.45. The number of carbonyl (C=O) groups is 1. The summed E-state index contributed by atoms with van der Waals surface area (Å²) in [5.74, 6) is -0.181. The van der Waals surface area contributed by atoms with Gasteiger partial charge in [-0.25, -0.2) is 0 Å². The summed E-state index contributed by atoms with van der Waals surface area (Å²) in [7, 11) is 0. The van der Waals surface area contributed by atoms with Gasteiger partial charge < -0.3 is 0 Å². The number of hydrogen-bond acceptors (Lipinski definition) is 2. The number of benzene rings is 2. The Labute approximate surface area is 123 Å². The van der Waals surface area contributed by atoms with E-state index in [1.165, 1.54) is 5.39 Å². The van der Waals surface area contributed by atoms with E-state index in [1.807, 2.05) is 36.4 Å². The predicted molar refractivity (Wildman–Crippen MR) is 88.3 cm³/mol. The molecule has 1 aliphatic rings. The Morgan fingerprint density at radius 1 is 1.05 bits per heavy atom. The van der Waals surface area contributed by atoms with Gasteiger partial charge in [0.15, 0.2) is 5.78 Å². The highest BCUT2D eigenvalue weighted by atomic mass is 16.1. The minimum Gasteiger partial charge on any atom is -0.294 e. The molecule has 1 heterocycles. The van der Waals surface area contributed by atoms with E-state index >= 15 is 0 Å². The Balaban J connectivity index is 1.86. The van der Waals surface area contributed by atoms with Crippen LogP contribution in [0.1, 0.15) is 5.56 Å². The van der Waals surface area contributed by atoms with Crippen molar-refractivity contribution >= 4 is 28.8 Å². The number of hydrogen-bond donors (Lipinski definition) is 0. The number of rotatable bonds is 3. The molecule has 0 spiro atoms. The summed E-state index contributed by atoms with van der Waals surface area (Å²) in [6, 6.07) is 14.3. The largest absolute Gasteiger partial charge is 0.294 e. The molecule has 0 fully saturated rings. The molecule has 2 aromatic carbocycles. The summed E-state index contributed by atoms with van der Waals surface area (Å²) in [5, 5.41) is 2.33. The Hall–Kier alpha value is -2.74. The second-order valence-electron chi connectivity index (χ2n) is 4.85. The summed E-state index contributed by atoms with van der Waals surface area (Å²) >= 11 is 0. The maximum Gasteiger partial charge on any atom is 0.166 e. The first-order chi connectivity index (χ1) is 10.3. The molecule has 0 N–H and O–H groups in total. The van der Waals surface area contributed by atoms with E-state index in [4.69, 9.17) is 0 Å². The van der Waals surface area contributed by atoms with Gasteiger partial charge >= 0.3 is 0 Å². The van der Waals surface area contributed by atoms with E-state index in [-0.39, 0.29) is 11.7 Å². The third-order valence-electron chi connectivity index (χ3n) is 3.45. The highest BCUT2D eigenvalue weighted by Gasteiger charge is 2.09. The first kappa shape index (κ1) is 13.3. The molecule has 0 radical (unpaired) electrons. The molecule has 0 saturated heterocycles. The van der Waals surface area contributed by atoms with Crippen LogP contribution in [0.2, 0.25) is 0 Å². The maximum absolute atomic E-state index is 12.2. The van der Waals surface area contributed by atoms with E-state index in [2.05, 4.69) is 23.2 Å². The van der Waals surface area contributed by atoms with Crippen molar-refractivity contribution in [1.82, 2.24) is 0 Å². The van der Waals surface area contributed by atoms with Crippen molar-refractivity contribution in [3.63, 3.8) is 0 Å². The molecule has 0 aromatic heterocycles. The SMILES string of the molecule is O=C(/C=C/c1cccc2ccccc12)C1C=CC=NC=C1. The van der Waals surface area contributed by atoms with Gasteiger partial charge in [0.2, 0.25) is 0 Å². The maximum atomic E-state index is 12.2. The van der Waals surface area contributed by atoms with Crippen molar-refractivity contribution in [3.8, 4) is 0 Å². The highest BCUT2D eigenvalue weighted by molar-refractivity contribution is 6.00. The molecule has 0 saturated carbocycles. The van der Waals surface area contributed by atoms with Gasteiger partial charge in [-0.3, -0.25) is 9.79 Å². The highest BCUT2D eigenvalue weighted by Crippen LogP contribution is 2.20. The zero-order chi connectivity index (χ0) is 14.5. The third kappa shape index (κ3) is 3.06. The Bertz CT molecular complexity index is 760. The van der Waals surface area contributed by atoms with Crippen molar-refractivity contribution in [2.75, 3.05) is 0 Å². The van der Waals surface area contributed by atoms with Crippen LogP contribution in [0.15, 0.2) is 78.0 Å². The van der Waals surface area contributed by atoms with E-state index in [0.29, 0.717) is 0 Å². The zero-order valence-corrected chi connectivity index (χ0v) is 11.5. The van der Waals surface area contributed by atoms with Gasteiger partial charge in [0.1, 0.15) is 0 Å². The lowest BCUT2D eigenvalue weighted by Gasteiger charge is -2.03. The average molecular weight is 273 g/mol.